The van der Waals surface area contributed by atoms with Crippen molar-refractivity contribution in [3.05, 3.63) is 70.7 Å². The standard InChI is InChI=1S/C21H26ClNO/c1-21(17-7-4-3-5-8-17,18-10-12-19(22)13-11-18)24-16-14-20-9-6-15-23(20)2/h3-5,7-8,10-13,20H,6,9,14-16H2,1-2H3/t20-,21-/m1/s1/i2D3,14D2,16D2. The minimum Gasteiger partial charge on any atom is -0.366 e. The van der Waals surface area contributed by atoms with Crippen LogP contribution in [0, 0.1) is 0 Å². The van der Waals surface area contributed by atoms with Crippen LogP contribution in [0.1, 0.15) is 46.9 Å². The van der Waals surface area contributed by atoms with E-state index in [1.807, 2.05) is 6.07 Å². The molecule has 128 valence electrons. The molecule has 1 fully saturated rings. The second-order valence-electron chi connectivity index (χ2n) is 6.11. The maximum atomic E-state index is 8.63. The number of rotatable bonds is 6. The Morgan fingerprint density at radius 2 is 1.92 bits per heavy atom. The summed E-state index contributed by atoms with van der Waals surface area (Å²) in [6.07, 6.45) is -1.87. The third kappa shape index (κ3) is 3.83. The van der Waals surface area contributed by atoms with Gasteiger partial charge in [-0.25, -0.2) is 0 Å². The van der Waals surface area contributed by atoms with Crippen LogP contribution in [0.2, 0.25) is 5.02 Å². The van der Waals surface area contributed by atoms with Crippen molar-refractivity contribution in [3.63, 3.8) is 0 Å². The van der Waals surface area contributed by atoms with E-state index in [1.165, 1.54) is 0 Å². The lowest BCUT2D eigenvalue weighted by molar-refractivity contribution is -0.0117. The van der Waals surface area contributed by atoms with Crippen molar-refractivity contribution in [1.82, 2.24) is 4.90 Å². The van der Waals surface area contributed by atoms with Gasteiger partial charge in [0.15, 0.2) is 0 Å². The van der Waals surface area contributed by atoms with E-state index in [0.717, 1.165) is 4.90 Å². The van der Waals surface area contributed by atoms with E-state index in [1.54, 1.807) is 55.5 Å². The van der Waals surface area contributed by atoms with Crippen LogP contribution in [0.5, 0.6) is 0 Å². The van der Waals surface area contributed by atoms with Gasteiger partial charge in [-0.3, -0.25) is 0 Å². The highest BCUT2D eigenvalue weighted by atomic mass is 35.5. The molecule has 2 atom stereocenters. The molecule has 0 radical (unpaired) electrons. The molecule has 1 saturated heterocycles. The fourth-order valence-corrected chi connectivity index (χ4v) is 3.05. The number of hydrogen-bond acceptors (Lipinski definition) is 2. The molecule has 0 unspecified atom stereocenters. The van der Waals surface area contributed by atoms with Gasteiger partial charge in [-0.15, -0.1) is 0 Å². The zero-order valence-electron chi connectivity index (χ0n) is 20.6. The molecule has 0 saturated carbocycles. The highest BCUT2D eigenvalue weighted by Gasteiger charge is 2.30. The highest BCUT2D eigenvalue weighted by Crippen LogP contribution is 2.34. The zero-order chi connectivity index (χ0) is 23.1. The third-order valence-electron chi connectivity index (χ3n) is 4.45. The Morgan fingerprint density at radius 3 is 2.62 bits per heavy atom. The van der Waals surface area contributed by atoms with Gasteiger partial charge in [-0.1, -0.05) is 54.1 Å². The number of benzene rings is 2. The van der Waals surface area contributed by atoms with E-state index >= 15 is 0 Å². The zero-order valence-corrected chi connectivity index (χ0v) is 14.4. The Hall–Kier alpha value is -1.35. The average molecular weight is 351 g/mol. The summed E-state index contributed by atoms with van der Waals surface area (Å²) in [4.78, 5) is 1.07. The van der Waals surface area contributed by atoms with Crippen LogP contribution in [0.4, 0.5) is 0 Å². The van der Waals surface area contributed by atoms with Crippen LogP contribution in [0.25, 0.3) is 0 Å². The quantitative estimate of drug-likeness (QED) is 0.718. The molecule has 2 nitrogen and oxygen atoms in total. The molecule has 3 rings (SSSR count). The molecule has 0 aromatic heterocycles. The minimum absolute atomic E-state index is 0.184. The molecule has 2 aromatic rings. The van der Waals surface area contributed by atoms with Gasteiger partial charge in [0.05, 0.1) is 2.74 Å². The molecule has 0 N–H and O–H groups in total. The summed E-state index contributed by atoms with van der Waals surface area (Å²) < 4.78 is 63.7. The number of halogens is 1. The van der Waals surface area contributed by atoms with Gasteiger partial charge in [0.2, 0.25) is 0 Å². The van der Waals surface area contributed by atoms with Crippen molar-refractivity contribution in [3.8, 4) is 0 Å². The Morgan fingerprint density at radius 1 is 1.21 bits per heavy atom. The first-order chi connectivity index (χ1) is 14.3. The van der Waals surface area contributed by atoms with E-state index in [9.17, 15) is 0 Å². The smallest absolute Gasteiger partial charge is 0.115 e. The third-order valence-corrected chi connectivity index (χ3v) is 4.71. The Labute approximate surface area is 160 Å². The topological polar surface area (TPSA) is 12.5 Å². The van der Waals surface area contributed by atoms with Gasteiger partial charge in [0.1, 0.15) is 5.60 Å². The van der Waals surface area contributed by atoms with Gasteiger partial charge in [0, 0.05) is 24.5 Å². The van der Waals surface area contributed by atoms with E-state index < -0.39 is 31.6 Å². The van der Waals surface area contributed by atoms with E-state index in [2.05, 4.69) is 0 Å². The summed E-state index contributed by atoms with van der Waals surface area (Å²) in [7, 11) is 0. The SMILES string of the molecule is [2H]C([2H])([2H])N1CCC[C@@H]1C([2H])([2H])C([2H])([2H])O[C@](C)(c1ccccc1)c1ccc(Cl)cc1. The summed E-state index contributed by atoms with van der Waals surface area (Å²) in [5, 5.41) is 0.511. The van der Waals surface area contributed by atoms with Crippen molar-refractivity contribution in [2.24, 2.45) is 0 Å². The van der Waals surface area contributed by atoms with Crippen molar-refractivity contribution >= 4 is 11.6 Å². The lowest BCUT2D eigenvalue weighted by atomic mass is 9.88. The van der Waals surface area contributed by atoms with Crippen LogP contribution in [-0.2, 0) is 10.3 Å². The lowest BCUT2D eigenvalue weighted by Crippen LogP contribution is -2.31. The molecule has 0 bridgehead atoms. The molecule has 3 heteroatoms. The molecule has 1 heterocycles. The van der Waals surface area contributed by atoms with Gasteiger partial charge >= 0.3 is 0 Å². The second-order valence-corrected chi connectivity index (χ2v) is 6.54. The monoisotopic (exact) mass is 350 g/mol. The van der Waals surface area contributed by atoms with Crippen molar-refractivity contribution in [2.75, 3.05) is 20.1 Å². The van der Waals surface area contributed by atoms with Crippen molar-refractivity contribution < 1.29 is 14.3 Å². The van der Waals surface area contributed by atoms with Gasteiger partial charge in [-0.2, -0.15) is 0 Å². The largest absolute Gasteiger partial charge is 0.366 e. The molecule has 2 aromatic carbocycles. The molecule has 0 amide bonds. The van der Waals surface area contributed by atoms with E-state index in [0.29, 0.717) is 22.6 Å². The van der Waals surface area contributed by atoms with Crippen LogP contribution < -0.4 is 0 Å². The molecule has 0 spiro atoms. The average Bonchev–Trinajstić information content (AvgIpc) is 3.20. The van der Waals surface area contributed by atoms with Crippen molar-refractivity contribution in [1.29, 1.82) is 0 Å². The van der Waals surface area contributed by atoms with Crippen LogP contribution in [-0.4, -0.2) is 31.0 Å². The maximum absolute atomic E-state index is 8.63. The minimum atomic E-state index is -2.80. The Balaban J connectivity index is 2.03. The van der Waals surface area contributed by atoms with Crippen LogP contribution in [0.15, 0.2) is 54.6 Å². The van der Waals surface area contributed by atoms with Gasteiger partial charge in [-0.05, 0) is 62.9 Å². The summed E-state index contributed by atoms with van der Waals surface area (Å²) in [5.41, 5.74) is -0.107. The number of likely N-dealkylation sites (tertiary alicyclic amines) is 1. The summed E-state index contributed by atoms with van der Waals surface area (Å²) in [5.74, 6) is 0. The summed E-state index contributed by atoms with van der Waals surface area (Å²) >= 11 is 6.02. The fraction of sp³-hybridized carbons (Fsp3) is 0.429. The first-order valence-corrected chi connectivity index (χ1v) is 8.45. The molecular formula is C21H26ClNO. The summed E-state index contributed by atoms with van der Waals surface area (Å²) in [6, 6.07) is 14.6. The number of nitrogens with zero attached hydrogens (tertiary/aromatic N) is 1. The number of hydrogen-bond donors (Lipinski definition) is 0. The highest BCUT2D eigenvalue weighted by molar-refractivity contribution is 6.30. The summed E-state index contributed by atoms with van der Waals surface area (Å²) in [6.45, 7) is -3.45. The molecule has 1 aliphatic heterocycles. The predicted molar refractivity (Wildman–Crippen MR) is 101 cm³/mol. The van der Waals surface area contributed by atoms with Crippen molar-refractivity contribution in [2.45, 2.75) is 37.8 Å². The first kappa shape index (κ1) is 10.6. The van der Waals surface area contributed by atoms with Crippen LogP contribution in [0.3, 0.4) is 0 Å². The van der Waals surface area contributed by atoms with Crippen LogP contribution >= 0.6 is 11.6 Å². The fourth-order valence-electron chi connectivity index (χ4n) is 2.92. The van der Waals surface area contributed by atoms with E-state index in [4.69, 9.17) is 25.9 Å². The molecule has 24 heavy (non-hydrogen) atoms. The van der Waals surface area contributed by atoms with E-state index in [-0.39, 0.29) is 13.0 Å². The first-order valence-electron chi connectivity index (χ1n) is 11.6. The molecule has 0 aliphatic carbocycles. The predicted octanol–water partition coefficient (Wildman–Crippen LogP) is 5.10. The second kappa shape index (κ2) is 7.69. The molecular weight excluding hydrogens is 318 g/mol. The maximum Gasteiger partial charge on any atom is 0.115 e. The number of ether oxygens (including phenoxy) is 1. The Kier molecular flexibility index (Phi) is 3.40. The Bertz CT molecular complexity index is 889. The van der Waals surface area contributed by atoms with Gasteiger partial charge < -0.3 is 9.64 Å². The lowest BCUT2D eigenvalue weighted by Gasteiger charge is -2.32. The normalized spacial score (nSPS) is 26.9. The van der Waals surface area contributed by atoms with Gasteiger partial charge in [0.25, 0.3) is 0 Å². The molecule has 1 aliphatic rings.